The van der Waals surface area contributed by atoms with E-state index in [4.69, 9.17) is 0 Å². The van der Waals surface area contributed by atoms with E-state index in [1.165, 1.54) is 18.4 Å². The molecule has 0 saturated carbocycles. The summed E-state index contributed by atoms with van der Waals surface area (Å²) in [5.41, 5.74) is 2.43. The van der Waals surface area contributed by atoms with Gasteiger partial charge < -0.3 is 10.2 Å². The number of likely N-dealkylation sites (tertiary alicyclic amines) is 1. The highest BCUT2D eigenvalue weighted by molar-refractivity contribution is 5.97. The van der Waals surface area contributed by atoms with Gasteiger partial charge in [0.2, 0.25) is 5.91 Å². The fourth-order valence-corrected chi connectivity index (χ4v) is 4.48. The normalized spacial score (nSPS) is 31.1. The zero-order valence-electron chi connectivity index (χ0n) is 13.3. The molecule has 3 unspecified atom stereocenters. The molecule has 3 atom stereocenters. The Morgan fingerprint density at radius 1 is 1.32 bits per heavy atom. The Kier molecular flexibility index (Phi) is 3.66. The zero-order chi connectivity index (χ0) is 15.1. The highest BCUT2D eigenvalue weighted by Gasteiger charge is 2.35. The van der Waals surface area contributed by atoms with Crippen molar-refractivity contribution in [2.24, 2.45) is 5.92 Å². The minimum Gasteiger partial charge on any atom is -0.314 e. The topological polar surface area (TPSA) is 35.6 Å². The van der Waals surface area contributed by atoms with Crippen LogP contribution in [0.1, 0.15) is 25.3 Å². The van der Waals surface area contributed by atoms with Gasteiger partial charge in [0.1, 0.15) is 0 Å². The molecular formula is C18H25N3O. The second-order valence-corrected chi connectivity index (χ2v) is 7.08. The minimum absolute atomic E-state index is 0.266. The number of fused-ring (bicyclic) bond motifs is 2. The summed E-state index contributed by atoms with van der Waals surface area (Å²) >= 11 is 0. The van der Waals surface area contributed by atoms with E-state index in [0.717, 1.165) is 37.7 Å². The van der Waals surface area contributed by atoms with Crippen LogP contribution in [0.5, 0.6) is 0 Å². The van der Waals surface area contributed by atoms with Crippen molar-refractivity contribution >= 4 is 11.6 Å². The van der Waals surface area contributed by atoms with Crippen LogP contribution in [0.15, 0.2) is 24.3 Å². The molecule has 3 aliphatic rings. The summed E-state index contributed by atoms with van der Waals surface area (Å²) in [5, 5.41) is 3.59. The van der Waals surface area contributed by atoms with E-state index < -0.39 is 0 Å². The lowest BCUT2D eigenvalue weighted by Gasteiger charge is -2.35. The number of piperidine rings is 1. The Labute approximate surface area is 132 Å². The fraction of sp³-hybridized carbons (Fsp3) is 0.611. The van der Waals surface area contributed by atoms with Crippen LogP contribution in [-0.4, -0.2) is 49.1 Å². The molecule has 1 aromatic carbocycles. The van der Waals surface area contributed by atoms with Crippen LogP contribution in [0.3, 0.4) is 0 Å². The molecule has 3 heterocycles. The SMILES string of the molecule is CC1Cc2ccccc2N1C(=O)CN1CCC2NCCC2C1. The maximum atomic E-state index is 12.8. The lowest BCUT2D eigenvalue weighted by molar-refractivity contribution is -0.120. The number of para-hydroxylation sites is 1. The molecule has 2 saturated heterocycles. The second kappa shape index (κ2) is 5.67. The van der Waals surface area contributed by atoms with Crippen molar-refractivity contribution in [2.45, 2.75) is 38.3 Å². The smallest absolute Gasteiger partial charge is 0.241 e. The zero-order valence-corrected chi connectivity index (χ0v) is 13.3. The Bertz CT molecular complexity index is 573. The molecule has 0 aromatic heterocycles. The van der Waals surface area contributed by atoms with Crippen molar-refractivity contribution in [3.05, 3.63) is 29.8 Å². The molecule has 0 aliphatic carbocycles. The number of nitrogens with one attached hydrogen (secondary N) is 1. The van der Waals surface area contributed by atoms with Crippen LogP contribution in [0.4, 0.5) is 5.69 Å². The summed E-state index contributed by atoms with van der Waals surface area (Å²) in [7, 11) is 0. The molecule has 118 valence electrons. The van der Waals surface area contributed by atoms with Gasteiger partial charge in [-0.1, -0.05) is 18.2 Å². The van der Waals surface area contributed by atoms with Crippen LogP contribution in [-0.2, 0) is 11.2 Å². The van der Waals surface area contributed by atoms with Crippen LogP contribution >= 0.6 is 0 Å². The Morgan fingerprint density at radius 2 is 2.18 bits per heavy atom. The second-order valence-electron chi connectivity index (χ2n) is 7.08. The summed E-state index contributed by atoms with van der Waals surface area (Å²) in [6, 6.07) is 9.32. The summed E-state index contributed by atoms with van der Waals surface area (Å²) < 4.78 is 0. The van der Waals surface area contributed by atoms with Crippen molar-refractivity contribution in [3.63, 3.8) is 0 Å². The first-order chi connectivity index (χ1) is 10.7. The number of rotatable bonds is 2. The van der Waals surface area contributed by atoms with E-state index in [9.17, 15) is 4.79 Å². The molecule has 1 N–H and O–H groups in total. The minimum atomic E-state index is 0.266. The van der Waals surface area contributed by atoms with Crippen molar-refractivity contribution in [1.82, 2.24) is 10.2 Å². The van der Waals surface area contributed by atoms with Gasteiger partial charge in [0, 0.05) is 30.9 Å². The Balaban J connectivity index is 1.44. The third-order valence-corrected chi connectivity index (χ3v) is 5.57. The predicted molar refractivity (Wildman–Crippen MR) is 88.0 cm³/mol. The predicted octanol–water partition coefficient (Wildman–Crippen LogP) is 1.65. The van der Waals surface area contributed by atoms with Crippen LogP contribution in [0, 0.1) is 5.92 Å². The maximum Gasteiger partial charge on any atom is 0.241 e. The van der Waals surface area contributed by atoms with Gasteiger partial charge in [0.25, 0.3) is 0 Å². The van der Waals surface area contributed by atoms with Gasteiger partial charge in [-0.3, -0.25) is 9.69 Å². The number of amides is 1. The number of hydrogen-bond donors (Lipinski definition) is 1. The molecule has 2 fully saturated rings. The van der Waals surface area contributed by atoms with E-state index in [1.54, 1.807) is 0 Å². The molecule has 4 heteroatoms. The Hall–Kier alpha value is -1.39. The van der Waals surface area contributed by atoms with Gasteiger partial charge >= 0.3 is 0 Å². The van der Waals surface area contributed by atoms with Crippen LogP contribution in [0.25, 0.3) is 0 Å². The number of benzene rings is 1. The van der Waals surface area contributed by atoms with Crippen LogP contribution in [0.2, 0.25) is 0 Å². The number of carbonyl (C=O) groups excluding carboxylic acids is 1. The van der Waals surface area contributed by atoms with Gasteiger partial charge in [0.05, 0.1) is 6.54 Å². The quantitative estimate of drug-likeness (QED) is 0.902. The molecule has 3 aliphatic heterocycles. The van der Waals surface area contributed by atoms with Crippen molar-refractivity contribution in [3.8, 4) is 0 Å². The number of hydrogen-bond acceptors (Lipinski definition) is 3. The molecule has 0 radical (unpaired) electrons. The average Bonchev–Trinajstić information content (AvgIpc) is 3.09. The van der Waals surface area contributed by atoms with E-state index in [1.807, 2.05) is 11.0 Å². The van der Waals surface area contributed by atoms with E-state index >= 15 is 0 Å². The van der Waals surface area contributed by atoms with E-state index in [2.05, 4.69) is 35.3 Å². The highest BCUT2D eigenvalue weighted by atomic mass is 16.2. The fourth-order valence-electron chi connectivity index (χ4n) is 4.48. The summed E-state index contributed by atoms with van der Waals surface area (Å²) in [6.45, 7) is 6.00. The summed E-state index contributed by atoms with van der Waals surface area (Å²) in [6.07, 6.45) is 3.43. The van der Waals surface area contributed by atoms with Gasteiger partial charge in [-0.05, 0) is 50.3 Å². The molecular weight excluding hydrogens is 274 g/mol. The molecule has 0 spiro atoms. The van der Waals surface area contributed by atoms with Crippen molar-refractivity contribution < 1.29 is 4.79 Å². The highest BCUT2D eigenvalue weighted by Crippen LogP contribution is 2.32. The molecule has 1 amide bonds. The van der Waals surface area contributed by atoms with Gasteiger partial charge in [0.15, 0.2) is 0 Å². The third-order valence-electron chi connectivity index (χ3n) is 5.57. The van der Waals surface area contributed by atoms with Crippen molar-refractivity contribution in [2.75, 3.05) is 31.1 Å². The monoisotopic (exact) mass is 299 g/mol. The molecule has 1 aromatic rings. The van der Waals surface area contributed by atoms with Gasteiger partial charge in [-0.15, -0.1) is 0 Å². The standard InChI is InChI=1S/C18H25N3O/c1-13-10-14-4-2-3-5-17(14)21(13)18(22)12-20-9-7-16-15(11-20)6-8-19-16/h2-5,13,15-16,19H,6-12H2,1H3. The summed E-state index contributed by atoms with van der Waals surface area (Å²) in [5.74, 6) is 1.01. The lowest BCUT2D eigenvalue weighted by atomic mass is 9.93. The molecule has 22 heavy (non-hydrogen) atoms. The molecule has 0 bridgehead atoms. The molecule has 4 rings (SSSR count). The Morgan fingerprint density at radius 3 is 3.09 bits per heavy atom. The first-order valence-corrected chi connectivity index (χ1v) is 8.58. The number of nitrogens with zero attached hydrogens (tertiary/aromatic N) is 2. The number of carbonyl (C=O) groups is 1. The largest absolute Gasteiger partial charge is 0.314 e. The third kappa shape index (κ3) is 2.44. The van der Waals surface area contributed by atoms with Crippen molar-refractivity contribution in [1.29, 1.82) is 0 Å². The van der Waals surface area contributed by atoms with Crippen LogP contribution < -0.4 is 10.2 Å². The van der Waals surface area contributed by atoms with Gasteiger partial charge in [-0.25, -0.2) is 0 Å². The first kappa shape index (κ1) is 14.2. The van der Waals surface area contributed by atoms with Gasteiger partial charge in [-0.2, -0.15) is 0 Å². The number of anilines is 1. The molecule has 4 nitrogen and oxygen atoms in total. The van der Waals surface area contributed by atoms with E-state index in [0.29, 0.717) is 12.6 Å². The lowest BCUT2D eigenvalue weighted by Crippen LogP contribution is -2.49. The average molecular weight is 299 g/mol. The maximum absolute atomic E-state index is 12.8. The first-order valence-electron chi connectivity index (χ1n) is 8.58. The summed E-state index contributed by atoms with van der Waals surface area (Å²) in [4.78, 5) is 17.2. The van der Waals surface area contributed by atoms with E-state index in [-0.39, 0.29) is 11.9 Å².